The van der Waals surface area contributed by atoms with E-state index in [1.165, 1.54) is 0 Å². The number of carbonyl (C=O) groups excluding carboxylic acids is 5. The minimum absolute atomic E-state index is 0.0501. The number of carbonyl (C=O) groups is 5. The molecule has 0 bridgehead atoms. The number of aromatic nitrogens is 10. The highest BCUT2D eigenvalue weighted by molar-refractivity contribution is 6.31. The minimum Gasteiger partial charge on any atom is -0.380 e. The molecule has 30 nitrogen and oxygen atoms in total. The Labute approximate surface area is 724 Å². The van der Waals surface area contributed by atoms with Crippen LogP contribution in [0.2, 0.25) is 25.1 Å². The van der Waals surface area contributed by atoms with Gasteiger partial charge in [0.05, 0.1) is 62.6 Å². The summed E-state index contributed by atoms with van der Waals surface area (Å²) >= 11 is 29.8. The molecule has 10 aromatic rings. The molecule has 5 amide bonds. The van der Waals surface area contributed by atoms with Gasteiger partial charge >= 0.3 is 0 Å². The van der Waals surface area contributed by atoms with E-state index in [-0.39, 0.29) is 67.7 Å². The van der Waals surface area contributed by atoms with Crippen molar-refractivity contribution in [2.24, 2.45) is 14.1 Å². The summed E-state index contributed by atoms with van der Waals surface area (Å²) in [5, 5.41) is 69.0. The molecule has 5 heterocycles. The van der Waals surface area contributed by atoms with Gasteiger partial charge in [0, 0.05) is 183 Å². The maximum atomic E-state index is 11.7. The van der Waals surface area contributed by atoms with Crippen molar-refractivity contribution in [3.05, 3.63) is 264 Å². The lowest BCUT2D eigenvalue weighted by Crippen LogP contribution is -2.32. The maximum Gasteiger partial charge on any atom is 0.245 e. The van der Waals surface area contributed by atoms with Crippen molar-refractivity contribution in [3.63, 3.8) is 0 Å². The molecule has 5 aromatic heterocycles. The fourth-order valence-corrected chi connectivity index (χ4v) is 14.7. The van der Waals surface area contributed by atoms with Crippen LogP contribution in [-0.2, 0) is 107 Å². The van der Waals surface area contributed by atoms with Crippen LogP contribution in [0, 0.1) is 0 Å². The molecule has 0 spiro atoms. The molecule has 120 heavy (non-hydrogen) atoms. The average Bonchev–Trinajstić information content (AvgIpc) is 1.62. The zero-order chi connectivity index (χ0) is 87.8. The van der Waals surface area contributed by atoms with Crippen molar-refractivity contribution in [1.29, 1.82) is 0 Å². The molecule has 0 aliphatic carbocycles. The van der Waals surface area contributed by atoms with Crippen LogP contribution in [0.15, 0.2) is 183 Å². The Morgan fingerprint density at radius 2 is 0.558 bits per heavy atom. The molecule has 5 aromatic carbocycles. The smallest absolute Gasteiger partial charge is 0.245 e. The first-order valence-corrected chi connectivity index (χ1v) is 40.7. The van der Waals surface area contributed by atoms with E-state index in [1.54, 1.807) is 103 Å². The highest BCUT2D eigenvalue weighted by Gasteiger charge is 2.34. The van der Waals surface area contributed by atoms with E-state index in [4.69, 9.17) is 108 Å². The van der Waals surface area contributed by atoms with Gasteiger partial charge in [0.2, 0.25) is 29.5 Å². The van der Waals surface area contributed by atoms with Gasteiger partial charge < -0.3 is 23.7 Å². The fraction of sp³-hybridized carbons (Fsp3) is 0.412. The van der Waals surface area contributed by atoms with Gasteiger partial charge in [-0.2, -0.15) is 25.5 Å². The van der Waals surface area contributed by atoms with Gasteiger partial charge in [-0.05, 0) is 178 Å². The summed E-state index contributed by atoms with van der Waals surface area (Å²) in [5.74, 6) is -2.87. The standard InChI is InChI=1S/2C18H24ClN3O3.C17H22ClN3O3.2C16H20ClN3O3/c1-12(2)22-16(8-9-20-22)15(17(25-3)11-18(23)21-24)10-13-4-6-14(19)7-5-13;1-3-10-22-16(8-9-20-22)15(17(25-2)12-18(23)21-24)11-13-4-6-14(19)7-5-13;1-3-21-15(8-9-19-21)14(16(24-2)11-17(22)20-23)10-12-4-6-13(18)7-5-12;2*1-20-14(7-8-18-20)13(15(23-2)10-16(21)19-22)9-11-3-5-12(17)6-4-11/h4-9,12,15,17,24H,10-11H2,1-3H3,(H,21,23);4-9,15,17,24H,3,10-12H2,1-2H3,(H,21,23);4-9,14,16,23H,3,10-11H2,1-2H3,(H,20,22);2*3-8,13,15,22H,9-10H2,1-2H3,(H,19,21)/t2*15-,17-;14-,16-;2*13-,15-/m11111/s1. The number of aryl methyl sites for hydroxylation is 4. The van der Waals surface area contributed by atoms with E-state index in [9.17, 15) is 24.0 Å². The second-order valence-corrected chi connectivity index (χ2v) is 30.5. The molecule has 10 rings (SSSR count). The molecule has 10 N–H and O–H groups in total. The Balaban J connectivity index is 0.000000233. The van der Waals surface area contributed by atoms with Gasteiger partial charge in [0.15, 0.2) is 0 Å². The number of amides is 5. The van der Waals surface area contributed by atoms with Gasteiger partial charge in [-0.25, -0.2) is 27.4 Å². The summed E-state index contributed by atoms with van der Waals surface area (Å²) in [7, 11) is 11.5. The molecule has 0 radical (unpaired) electrons. The zero-order valence-electron chi connectivity index (χ0n) is 69.0. The molecule has 650 valence electrons. The first kappa shape index (κ1) is 99.4. The normalized spacial score (nSPS) is 13.6. The summed E-state index contributed by atoms with van der Waals surface area (Å²) in [6.07, 6.45) is 11.2. The molecule has 35 heteroatoms. The van der Waals surface area contributed by atoms with E-state index in [1.807, 2.05) is 187 Å². The molecule has 10 atom stereocenters. The summed E-state index contributed by atoms with van der Waals surface area (Å²) in [6.45, 7) is 9.73. The van der Waals surface area contributed by atoms with Crippen LogP contribution >= 0.6 is 58.0 Å². The van der Waals surface area contributed by atoms with Crippen LogP contribution in [-0.4, -0.2) is 171 Å². The number of halogens is 5. The third kappa shape index (κ3) is 31.5. The van der Waals surface area contributed by atoms with Crippen LogP contribution in [0.5, 0.6) is 0 Å². The molecule has 0 aliphatic heterocycles. The molecule has 0 fully saturated rings. The lowest BCUT2D eigenvalue weighted by Gasteiger charge is -2.27. The quantitative estimate of drug-likeness (QED) is 0.0126. The van der Waals surface area contributed by atoms with Crippen molar-refractivity contribution in [3.8, 4) is 0 Å². The zero-order valence-corrected chi connectivity index (χ0v) is 72.8. The number of ether oxygens (including phenoxy) is 5. The van der Waals surface area contributed by atoms with Crippen molar-refractivity contribution in [2.45, 2.75) is 178 Å². The largest absolute Gasteiger partial charge is 0.380 e. The summed E-state index contributed by atoms with van der Waals surface area (Å²) in [6, 6.07) is 47.8. The minimum atomic E-state index is -0.486. The Morgan fingerprint density at radius 1 is 0.333 bits per heavy atom. The van der Waals surface area contributed by atoms with Gasteiger partial charge in [-0.15, -0.1) is 0 Å². The van der Waals surface area contributed by atoms with Gasteiger partial charge in [0.25, 0.3) is 0 Å². The van der Waals surface area contributed by atoms with Crippen molar-refractivity contribution in [1.82, 2.24) is 76.3 Å². The Hall–Kier alpha value is -9.45. The van der Waals surface area contributed by atoms with E-state index >= 15 is 0 Å². The predicted molar refractivity (Wildman–Crippen MR) is 456 cm³/mol. The first-order valence-electron chi connectivity index (χ1n) is 38.8. The lowest BCUT2D eigenvalue weighted by atomic mass is 9.88. The van der Waals surface area contributed by atoms with Crippen LogP contribution < -0.4 is 27.4 Å². The van der Waals surface area contributed by atoms with E-state index in [0.717, 1.165) is 75.8 Å². The number of hydrogen-bond donors (Lipinski definition) is 10. The van der Waals surface area contributed by atoms with Crippen LogP contribution in [0.1, 0.15) is 158 Å². The molecule has 0 saturated carbocycles. The SMILES string of the molecule is CCCn1nccc1[C@@H](Cc1ccc(Cl)cc1)[C@@H](CC(=O)NO)OC.CCn1nccc1[C@@H](Cc1ccc(Cl)cc1)[C@@H](CC(=O)NO)OC.CO[C@H](CC(=O)NO)[C@H](Cc1ccc(Cl)cc1)c1ccnn1C.CO[C@H](CC(=O)NO)[C@H](Cc1ccc(Cl)cc1)c1ccnn1C.CO[C@H](CC(=O)NO)[C@H](Cc1ccc(Cl)cc1)c1ccnn1C(C)C. The number of hydrogen-bond acceptors (Lipinski definition) is 20. The Bertz CT molecular complexity index is 4530. The highest BCUT2D eigenvalue weighted by Crippen LogP contribution is 2.35. The summed E-state index contributed by atoms with van der Waals surface area (Å²) in [4.78, 5) is 58.1. The predicted octanol–water partition coefficient (Wildman–Crippen LogP) is 14.0. The average molecular weight is 1760 g/mol. The third-order valence-electron chi connectivity index (χ3n) is 20.2. The second-order valence-electron chi connectivity index (χ2n) is 28.4. The Kier molecular flexibility index (Phi) is 43.6. The Morgan fingerprint density at radius 3 is 0.792 bits per heavy atom. The van der Waals surface area contributed by atoms with Crippen molar-refractivity contribution in [2.75, 3.05) is 35.5 Å². The van der Waals surface area contributed by atoms with Gasteiger partial charge in [-0.1, -0.05) is 126 Å². The van der Waals surface area contributed by atoms with E-state index in [0.29, 0.717) is 57.2 Å². The molecule has 0 unspecified atom stereocenters. The summed E-state index contributed by atoms with van der Waals surface area (Å²) in [5.41, 5.74) is 18.7. The van der Waals surface area contributed by atoms with Crippen LogP contribution in [0.3, 0.4) is 0 Å². The third-order valence-corrected chi connectivity index (χ3v) is 21.5. The number of hydroxylamine groups is 5. The monoisotopic (exact) mass is 1760 g/mol. The van der Waals surface area contributed by atoms with Gasteiger partial charge in [-0.3, -0.25) is 73.4 Å². The number of rotatable bonds is 39. The second kappa shape index (κ2) is 52.7. The van der Waals surface area contributed by atoms with Crippen LogP contribution in [0.4, 0.5) is 0 Å². The van der Waals surface area contributed by atoms with E-state index < -0.39 is 60.1 Å². The molecular formula is C85H110Cl5N15O15. The number of nitrogens with one attached hydrogen (secondary N) is 5. The molecular weight excluding hydrogens is 1650 g/mol. The molecule has 0 saturated heterocycles. The number of nitrogens with zero attached hydrogens (tertiary/aromatic N) is 10. The van der Waals surface area contributed by atoms with E-state index in [2.05, 4.69) is 46.3 Å². The topological polar surface area (TPSA) is 382 Å². The first-order chi connectivity index (χ1) is 57.7. The summed E-state index contributed by atoms with van der Waals surface area (Å²) < 4.78 is 37.1. The van der Waals surface area contributed by atoms with Crippen LogP contribution in [0.25, 0.3) is 0 Å². The van der Waals surface area contributed by atoms with Crippen molar-refractivity contribution >= 4 is 87.5 Å². The fourth-order valence-electron chi connectivity index (χ4n) is 14.1. The highest BCUT2D eigenvalue weighted by atomic mass is 35.5. The maximum absolute atomic E-state index is 11.7. The van der Waals surface area contributed by atoms with Gasteiger partial charge in [0.1, 0.15) is 0 Å². The lowest BCUT2D eigenvalue weighted by molar-refractivity contribution is -0.132. The number of methoxy groups -OCH3 is 5. The molecule has 0 aliphatic rings. The van der Waals surface area contributed by atoms with Crippen molar-refractivity contribution < 1.29 is 73.7 Å². The number of benzene rings is 5.